The fourth-order valence-electron chi connectivity index (χ4n) is 9.05. The summed E-state index contributed by atoms with van der Waals surface area (Å²) in [5, 5.41) is 14.8. The molecule has 0 aliphatic carbocycles. The van der Waals surface area contributed by atoms with E-state index in [1.54, 1.807) is 0 Å². The SMILES string of the molecule is c1ccc(-n2c3ccccc3c3ccc(-n4c5ccccc5c5c6c7ccccc7c7ccccc7c6c6c7ccccc7oc6c54)cc32)cc1. The molecule has 12 aromatic rings. The molecule has 0 bridgehead atoms. The summed E-state index contributed by atoms with van der Waals surface area (Å²) in [5.41, 5.74) is 8.67. The third-order valence-corrected chi connectivity index (χ3v) is 11.0. The third-order valence-electron chi connectivity index (χ3n) is 11.0. The molecule has 0 radical (unpaired) electrons. The number of para-hydroxylation sites is 4. The summed E-state index contributed by atoms with van der Waals surface area (Å²) < 4.78 is 11.9. The van der Waals surface area contributed by atoms with Crippen molar-refractivity contribution < 1.29 is 4.42 Å². The van der Waals surface area contributed by atoms with Crippen LogP contribution in [-0.2, 0) is 0 Å². The maximum absolute atomic E-state index is 7.03. The first-order valence-corrected chi connectivity index (χ1v) is 17.5. The Labute approximate surface area is 291 Å². The van der Waals surface area contributed by atoms with Crippen LogP contribution in [0.4, 0.5) is 0 Å². The van der Waals surface area contributed by atoms with Crippen LogP contribution in [0.25, 0.3) is 109 Å². The van der Waals surface area contributed by atoms with Gasteiger partial charge in [0.25, 0.3) is 0 Å². The van der Waals surface area contributed by atoms with E-state index in [-0.39, 0.29) is 0 Å². The average Bonchev–Trinajstić information content (AvgIpc) is 3.86. The smallest absolute Gasteiger partial charge is 0.160 e. The van der Waals surface area contributed by atoms with E-state index in [2.05, 4.69) is 179 Å². The number of aromatic nitrogens is 2. The summed E-state index contributed by atoms with van der Waals surface area (Å²) in [6.45, 7) is 0. The topological polar surface area (TPSA) is 23.0 Å². The van der Waals surface area contributed by atoms with Gasteiger partial charge in [0.1, 0.15) is 5.58 Å². The van der Waals surface area contributed by atoms with Crippen molar-refractivity contribution >= 4 is 97.9 Å². The molecule has 0 unspecified atom stereocenters. The van der Waals surface area contributed by atoms with Gasteiger partial charge >= 0.3 is 0 Å². The summed E-state index contributed by atoms with van der Waals surface area (Å²) >= 11 is 0. The van der Waals surface area contributed by atoms with Gasteiger partial charge in [-0.05, 0) is 64.0 Å². The van der Waals surface area contributed by atoms with Gasteiger partial charge in [-0.1, -0.05) is 127 Å². The highest BCUT2D eigenvalue weighted by Gasteiger charge is 2.26. The first kappa shape index (κ1) is 27.0. The number of fused-ring (bicyclic) bond motifs is 18. The Morgan fingerprint density at radius 3 is 1.57 bits per heavy atom. The zero-order valence-electron chi connectivity index (χ0n) is 27.5. The molecular formula is C48H28N2O. The first-order chi connectivity index (χ1) is 25.3. The molecule has 0 aliphatic rings. The van der Waals surface area contributed by atoms with Crippen LogP contribution in [0.15, 0.2) is 174 Å². The molecule has 0 atom stereocenters. The first-order valence-electron chi connectivity index (χ1n) is 17.5. The van der Waals surface area contributed by atoms with Crippen molar-refractivity contribution in [2.24, 2.45) is 0 Å². The second-order valence-corrected chi connectivity index (χ2v) is 13.6. The van der Waals surface area contributed by atoms with Gasteiger partial charge in [0.2, 0.25) is 0 Å². The molecular weight excluding hydrogens is 621 g/mol. The molecule has 3 heterocycles. The normalized spacial score (nSPS) is 12.3. The highest BCUT2D eigenvalue weighted by atomic mass is 16.3. The van der Waals surface area contributed by atoms with Crippen molar-refractivity contribution in [3.63, 3.8) is 0 Å². The lowest BCUT2D eigenvalue weighted by Gasteiger charge is -2.14. The van der Waals surface area contributed by atoms with Crippen molar-refractivity contribution in [2.45, 2.75) is 0 Å². The van der Waals surface area contributed by atoms with Gasteiger partial charge in [-0.2, -0.15) is 0 Å². The molecule has 3 aromatic heterocycles. The number of benzene rings is 9. The van der Waals surface area contributed by atoms with Crippen molar-refractivity contribution in [3.8, 4) is 11.4 Å². The molecule has 3 nitrogen and oxygen atoms in total. The van der Waals surface area contributed by atoms with E-state index < -0.39 is 0 Å². The minimum absolute atomic E-state index is 0.898. The van der Waals surface area contributed by atoms with Crippen molar-refractivity contribution in [2.75, 3.05) is 0 Å². The van der Waals surface area contributed by atoms with Crippen molar-refractivity contribution in [1.29, 1.82) is 0 Å². The number of hydrogen-bond acceptors (Lipinski definition) is 1. The van der Waals surface area contributed by atoms with E-state index in [4.69, 9.17) is 4.42 Å². The predicted molar refractivity (Wildman–Crippen MR) is 215 cm³/mol. The van der Waals surface area contributed by atoms with Gasteiger partial charge < -0.3 is 13.6 Å². The highest BCUT2D eigenvalue weighted by molar-refractivity contribution is 6.44. The maximum Gasteiger partial charge on any atom is 0.160 e. The standard InChI is InChI=1S/C48H28N2O/c1-2-14-29(15-3-1)49-39-23-11-8-18-33(39)34-27-26-30(28-41(34)49)50-40-24-12-9-21-37(40)45-43-35-19-6-4-16-31(35)32-17-5-7-20-36(32)44(43)46-38-22-10-13-25-42(38)51-48(46)47(45)50/h1-28H. The Morgan fingerprint density at radius 2 is 0.843 bits per heavy atom. The minimum atomic E-state index is 0.898. The monoisotopic (exact) mass is 648 g/mol. The summed E-state index contributed by atoms with van der Waals surface area (Å²) in [4.78, 5) is 0. The van der Waals surface area contributed by atoms with Crippen molar-refractivity contribution in [3.05, 3.63) is 170 Å². The number of rotatable bonds is 2. The molecule has 51 heavy (non-hydrogen) atoms. The number of hydrogen-bond donors (Lipinski definition) is 0. The van der Waals surface area contributed by atoms with E-state index >= 15 is 0 Å². The summed E-state index contributed by atoms with van der Waals surface area (Å²) in [7, 11) is 0. The van der Waals surface area contributed by atoms with Crippen LogP contribution in [0.3, 0.4) is 0 Å². The van der Waals surface area contributed by atoms with Crippen LogP contribution in [0, 0.1) is 0 Å². The predicted octanol–water partition coefficient (Wildman–Crippen LogP) is 13.2. The van der Waals surface area contributed by atoms with Gasteiger partial charge in [-0.3, -0.25) is 0 Å². The van der Waals surface area contributed by atoms with Crippen LogP contribution in [0.2, 0.25) is 0 Å². The fraction of sp³-hybridized carbons (Fsp3) is 0. The van der Waals surface area contributed by atoms with Crippen molar-refractivity contribution in [1.82, 2.24) is 9.13 Å². The van der Waals surface area contributed by atoms with Gasteiger partial charge in [-0.15, -0.1) is 0 Å². The lowest BCUT2D eigenvalue weighted by molar-refractivity contribution is 0.671. The molecule has 0 N–H and O–H groups in total. The van der Waals surface area contributed by atoms with Crippen LogP contribution < -0.4 is 0 Å². The number of nitrogens with zero attached hydrogens (tertiary/aromatic N) is 2. The maximum atomic E-state index is 7.03. The second-order valence-electron chi connectivity index (χ2n) is 13.6. The molecule has 0 spiro atoms. The Morgan fingerprint density at radius 1 is 0.314 bits per heavy atom. The molecule has 236 valence electrons. The lowest BCUT2D eigenvalue weighted by Crippen LogP contribution is -1.97. The van der Waals surface area contributed by atoms with Gasteiger partial charge in [0.05, 0.1) is 22.1 Å². The van der Waals surface area contributed by atoms with E-state index in [9.17, 15) is 0 Å². The van der Waals surface area contributed by atoms with E-state index in [0.29, 0.717) is 0 Å². The summed E-state index contributed by atoms with van der Waals surface area (Å²) in [6.07, 6.45) is 0. The molecule has 9 aromatic carbocycles. The summed E-state index contributed by atoms with van der Waals surface area (Å²) in [5.74, 6) is 0. The summed E-state index contributed by atoms with van der Waals surface area (Å²) in [6, 6.07) is 61.5. The Bertz CT molecular complexity index is 3410. The van der Waals surface area contributed by atoms with E-state index in [0.717, 1.165) is 39.0 Å². The quantitative estimate of drug-likeness (QED) is 0.171. The van der Waals surface area contributed by atoms with Gasteiger partial charge in [-0.25, -0.2) is 0 Å². The van der Waals surface area contributed by atoms with Crippen LogP contribution in [-0.4, -0.2) is 9.13 Å². The van der Waals surface area contributed by atoms with E-state index in [1.165, 1.54) is 70.3 Å². The molecule has 0 fully saturated rings. The highest BCUT2D eigenvalue weighted by Crippen LogP contribution is 2.50. The fourth-order valence-corrected chi connectivity index (χ4v) is 9.05. The largest absolute Gasteiger partial charge is 0.454 e. The Balaban J connectivity index is 1.35. The van der Waals surface area contributed by atoms with Gasteiger partial charge in [0, 0.05) is 54.5 Å². The van der Waals surface area contributed by atoms with Crippen LogP contribution >= 0.6 is 0 Å². The van der Waals surface area contributed by atoms with Gasteiger partial charge in [0.15, 0.2) is 5.58 Å². The molecule has 0 amide bonds. The zero-order valence-corrected chi connectivity index (χ0v) is 27.5. The Hall–Kier alpha value is -6.84. The average molecular weight is 649 g/mol. The molecule has 0 aliphatic heterocycles. The lowest BCUT2D eigenvalue weighted by atomic mass is 9.89. The second kappa shape index (κ2) is 9.87. The molecule has 0 saturated heterocycles. The molecule has 0 saturated carbocycles. The van der Waals surface area contributed by atoms with Crippen LogP contribution in [0.5, 0.6) is 0 Å². The molecule has 12 rings (SSSR count). The van der Waals surface area contributed by atoms with Crippen LogP contribution in [0.1, 0.15) is 0 Å². The minimum Gasteiger partial charge on any atom is -0.454 e. The Kier molecular flexibility index (Phi) is 5.23. The van der Waals surface area contributed by atoms with E-state index in [1.807, 2.05) is 0 Å². The molecule has 3 heteroatoms. The zero-order chi connectivity index (χ0) is 33.2. The number of furan rings is 1. The third kappa shape index (κ3) is 3.47.